The van der Waals surface area contributed by atoms with Crippen LogP contribution in [0.2, 0.25) is 0 Å². The number of rotatable bonds is 4. The third-order valence-corrected chi connectivity index (χ3v) is 4.46. The Morgan fingerprint density at radius 1 is 1.11 bits per heavy atom. The smallest absolute Gasteiger partial charge is 0.247 e. The predicted octanol–water partition coefficient (Wildman–Crippen LogP) is 3.81. The molecule has 0 spiro atoms. The van der Waals surface area contributed by atoms with E-state index >= 15 is 0 Å². The van der Waals surface area contributed by atoms with E-state index in [2.05, 4.69) is 20.1 Å². The van der Waals surface area contributed by atoms with Crippen LogP contribution in [-0.4, -0.2) is 20.1 Å². The molecular weight excluding hydrogens is 354 g/mol. The molecule has 1 radical (unpaired) electrons. The summed E-state index contributed by atoms with van der Waals surface area (Å²) >= 11 is 0. The molecule has 0 fully saturated rings. The van der Waals surface area contributed by atoms with Crippen molar-refractivity contribution in [3.63, 3.8) is 0 Å². The molecule has 0 bridgehead atoms. The number of hydrogen-bond donors (Lipinski definition) is 1. The lowest BCUT2D eigenvalue weighted by atomic mass is 10.0. The van der Waals surface area contributed by atoms with Crippen molar-refractivity contribution in [1.82, 2.24) is 25.8 Å². The first kappa shape index (κ1) is 17.8. The number of aryl methyl sites for hydroxylation is 1. The molecule has 0 amide bonds. The molecule has 3 aromatic heterocycles. The standard InChI is InChI=1S/C21H18N5O2/c1-12(22)14-4-3-5-15(8-14)17-9-19(28-26-17)21-13(2)23-11-18(25-21)16-6-7-20(27)24-10-16/h3-12,22H,1-2H3,(H,24,27). The van der Waals surface area contributed by atoms with Gasteiger partial charge in [-0.05, 0) is 31.5 Å². The summed E-state index contributed by atoms with van der Waals surface area (Å²) < 4.78 is 5.54. The Hall–Kier alpha value is -3.58. The van der Waals surface area contributed by atoms with E-state index in [4.69, 9.17) is 10.3 Å². The minimum Gasteiger partial charge on any atom is -0.354 e. The van der Waals surface area contributed by atoms with Crippen LogP contribution in [0.25, 0.3) is 34.0 Å². The van der Waals surface area contributed by atoms with E-state index < -0.39 is 0 Å². The molecule has 0 aliphatic carbocycles. The van der Waals surface area contributed by atoms with Gasteiger partial charge < -0.3 is 9.51 Å². The van der Waals surface area contributed by atoms with Gasteiger partial charge in [0.1, 0.15) is 11.4 Å². The molecule has 1 atom stereocenters. The molecule has 1 unspecified atom stereocenters. The lowest BCUT2D eigenvalue weighted by Crippen LogP contribution is -2.02. The fourth-order valence-electron chi connectivity index (χ4n) is 2.88. The summed E-state index contributed by atoms with van der Waals surface area (Å²) in [4.78, 5) is 23.0. The minimum atomic E-state index is -0.312. The molecule has 0 saturated heterocycles. The lowest BCUT2D eigenvalue weighted by molar-refractivity contribution is 0.433. The Kier molecular flexibility index (Phi) is 4.58. The zero-order valence-electron chi connectivity index (χ0n) is 15.4. The molecule has 28 heavy (non-hydrogen) atoms. The van der Waals surface area contributed by atoms with Gasteiger partial charge >= 0.3 is 0 Å². The van der Waals surface area contributed by atoms with Crippen LogP contribution in [0.3, 0.4) is 0 Å². The number of pyridine rings is 1. The summed E-state index contributed by atoms with van der Waals surface area (Å²) in [6, 6.07) is 12.4. The van der Waals surface area contributed by atoms with Crippen molar-refractivity contribution in [3.8, 4) is 34.0 Å². The summed E-state index contributed by atoms with van der Waals surface area (Å²) in [5, 5.41) is 4.17. The first-order valence-corrected chi connectivity index (χ1v) is 8.82. The number of nitrogens with zero attached hydrogens (tertiary/aromatic N) is 3. The van der Waals surface area contributed by atoms with Gasteiger partial charge in [0.05, 0.1) is 17.6 Å². The summed E-state index contributed by atoms with van der Waals surface area (Å²) in [5.74, 6) is 0.510. The number of benzene rings is 1. The molecule has 0 saturated carbocycles. The zero-order valence-corrected chi connectivity index (χ0v) is 15.4. The van der Waals surface area contributed by atoms with Gasteiger partial charge in [0.2, 0.25) is 5.56 Å². The minimum absolute atomic E-state index is 0.173. The molecule has 139 valence electrons. The number of H-pyrrole nitrogens is 1. The monoisotopic (exact) mass is 372 g/mol. The number of aromatic nitrogens is 4. The Morgan fingerprint density at radius 2 is 1.96 bits per heavy atom. The van der Waals surface area contributed by atoms with Gasteiger partial charge in [0.15, 0.2) is 5.76 Å². The molecule has 2 N–H and O–H groups in total. The van der Waals surface area contributed by atoms with Crippen LogP contribution in [0.4, 0.5) is 0 Å². The summed E-state index contributed by atoms with van der Waals surface area (Å²) in [7, 11) is 0. The van der Waals surface area contributed by atoms with Crippen LogP contribution in [0.1, 0.15) is 24.2 Å². The lowest BCUT2D eigenvalue weighted by Gasteiger charge is -2.05. The van der Waals surface area contributed by atoms with Crippen molar-refractivity contribution in [3.05, 3.63) is 76.5 Å². The van der Waals surface area contributed by atoms with Crippen molar-refractivity contribution in [2.24, 2.45) is 0 Å². The van der Waals surface area contributed by atoms with E-state index in [9.17, 15) is 4.79 Å². The average Bonchev–Trinajstić information content (AvgIpc) is 3.19. The molecule has 7 heteroatoms. The predicted molar refractivity (Wildman–Crippen MR) is 105 cm³/mol. The number of hydrogen-bond acceptors (Lipinski definition) is 5. The third-order valence-electron chi connectivity index (χ3n) is 4.46. The maximum atomic E-state index is 11.3. The summed E-state index contributed by atoms with van der Waals surface area (Å²) in [6.45, 7) is 3.68. The van der Waals surface area contributed by atoms with Crippen molar-refractivity contribution < 1.29 is 4.52 Å². The van der Waals surface area contributed by atoms with Crippen LogP contribution in [0.5, 0.6) is 0 Å². The zero-order chi connectivity index (χ0) is 19.7. The van der Waals surface area contributed by atoms with Crippen molar-refractivity contribution >= 4 is 0 Å². The largest absolute Gasteiger partial charge is 0.354 e. The maximum absolute atomic E-state index is 11.3. The Balaban J connectivity index is 1.72. The quantitative estimate of drug-likeness (QED) is 0.586. The van der Waals surface area contributed by atoms with Crippen LogP contribution in [0.15, 0.2) is 64.2 Å². The van der Waals surface area contributed by atoms with Gasteiger partial charge in [-0.2, -0.15) is 0 Å². The molecule has 1 aromatic carbocycles. The van der Waals surface area contributed by atoms with E-state index in [1.165, 1.54) is 6.07 Å². The Bertz CT molecular complexity index is 1170. The fourth-order valence-corrected chi connectivity index (χ4v) is 2.88. The second-order valence-corrected chi connectivity index (χ2v) is 6.55. The summed E-state index contributed by atoms with van der Waals surface area (Å²) in [5.41, 5.74) is 12.9. The Morgan fingerprint density at radius 3 is 2.71 bits per heavy atom. The first-order valence-electron chi connectivity index (χ1n) is 8.82. The second-order valence-electron chi connectivity index (χ2n) is 6.55. The van der Waals surface area contributed by atoms with E-state index in [1.807, 2.05) is 44.2 Å². The van der Waals surface area contributed by atoms with Gasteiger partial charge in [-0.3, -0.25) is 15.5 Å². The third kappa shape index (κ3) is 3.47. The topological polar surface area (TPSA) is 108 Å². The van der Waals surface area contributed by atoms with E-state index in [1.54, 1.807) is 18.5 Å². The molecule has 0 aliphatic heterocycles. The van der Waals surface area contributed by atoms with Crippen molar-refractivity contribution in [2.45, 2.75) is 19.9 Å². The van der Waals surface area contributed by atoms with Crippen LogP contribution < -0.4 is 11.3 Å². The van der Waals surface area contributed by atoms with E-state index in [0.29, 0.717) is 28.5 Å². The van der Waals surface area contributed by atoms with Crippen LogP contribution in [-0.2, 0) is 0 Å². The van der Waals surface area contributed by atoms with Crippen molar-refractivity contribution in [1.29, 1.82) is 0 Å². The van der Waals surface area contributed by atoms with E-state index in [0.717, 1.165) is 16.7 Å². The highest BCUT2D eigenvalue weighted by atomic mass is 16.5. The molecule has 3 heterocycles. The van der Waals surface area contributed by atoms with Gasteiger partial charge in [-0.25, -0.2) is 4.98 Å². The van der Waals surface area contributed by atoms with E-state index in [-0.39, 0.29) is 11.6 Å². The highest BCUT2D eigenvalue weighted by Crippen LogP contribution is 2.29. The second kappa shape index (κ2) is 7.21. The van der Waals surface area contributed by atoms with Crippen molar-refractivity contribution in [2.75, 3.05) is 0 Å². The number of nitrogens with one attached hydrogen (secondary N) is 2. The fraction of sp³-hybridized carbons (Fsp3) is 0.143. The highest BCUT2D eigenvalue weighted by molar-refractivity contribution is 5.68. The molecule has 4 aromatic rings. The molecular formula is C21H18N5O2. The normalized spacial score (nSPS) is 12.1. The highest BCUT2D eigenvalue weighted by Gasteiger charge is 2.15. The first-order chi connectivity index (χ1) is 13.5. The maximum Gasteiger partial charge on any atom is 0.247 e. The van der Waals surface area contributed by atoms with Gasteiger partial charge in [0.25, 0.3) is 0 Å². The SMILES string of the molecule is Cc1ncc(-c2ccc(=O)[nH]c2)nc1-c1cc(-c2cccc(C(C)[NH])c2)no1. The van der Waals surface area contributed by atoms with Gasteiger partial charge in [-0.1, -0.05) is 23.4 Å². The molecule has 4 rings (SSSR count). The van der Waals surface area contributed by atoms with Crippen LogP contribution >= 0.6 is 0 Å². The number of aromatic amines is 1. The van der Waals surface area contributed by atoms with Gasteiger partial charge in [0, 0.05) is 35.5 Å². The molecule has 7 nitrogen and oxygen atoms in total. The molecule has 0 aliphatic rings. The Labute approximate surface area is 161 Å². The summed E-state index contributed by atoms with van der Waals surface area (Å²) in [6.07, 6.45) is 3.26. The average molecular weight is 372 g/mol. The van der Waals surface area contributed by atoms with Gasteiger partial charge in [-0.15, -0.1) is 0 Å². The van der Waals surface area contributed by atoms with Crippen LogP contribution in [0, 0.1) is 6.92 Å².